The fourth-order valence-electron chi connectivity index (χ4n) is 1.66. The number of benzene rings is 1. The normalized spacial score (nSPS) is 16.6. The molecule has 2 heterocycles. The van der Waals surface area contributed by atoms with Gasteiger partial charge in [0.15, 0.2) is 10.8 Å². The van der Waals surface area contributed by atoms with Crippen molar-refractivity contribution in [3.05, 3.63) is 30.6 Å². The molecule has 0 saturated heterocycles. The fraction of sp³-hybridized carbons (Fsp3) is 0.0909. The fourth-order valence-corrected chi connectivity index (χ4v) is 2.85. The highest BCUT2D eigenvalue weighted by Gasteiger charge is 2.24. The Morgan fingerprint density at radius 1 is 1.29 bits per heavy atom. The van der Waals surface area contributed by atoms with Gasteiger partial charge in [-0.15, -0.1) is 0 Å². The summed E-state index contributed by atoms with van der Waals surface area (Å²) in [6.07, 6.45) is 3.10. The molecule has 1 aromatic carbocycles. The molecule has 0 fully saturated rings. The third kappa shape index (κ3) is 1.57. The average Bonchev–Trinajstić information content (AvgIpc) is 2.39. The summed E-state index contributed by atoms with van der Waals surface area (Å²) >= 11 is 0. The summed E-state index contributed by atoms with van der Waals surface area (Å²) in [6.45, 7) is 0. The number of aromatic nitrogens is 2. The van der Waals surface area contributed by atoms with Gasteiger partial charge in [0.2, 0.25) is 0 Å². The molecule has 3 rings (SSSR count). The average molecular weight is 247 g/mol. The smallest absolute Gasteiger partial charge is 0.175 e. The highest BCUT2D eigenvalue weighted by molar-refractivity contribution is 7.85. The van der Waals surface area contributed by atoms with Gasteiger partial charge in [-0.1, -0.05) is 0 Å². The summed E-state index contributed by atoms with van der Waals surface area (Å²) in [5.41, 5.74) is 0.775. The van der Waals surface area contributed by atoms with Gasteiger partial charge in [-0.25, -0.2) is 14.2 Å². The van der Waals surface area contributed by atoms with Crippen LogP contribution in [0.15, 0.2) is 40.5 Å². The molecule has 0 saturated carbocycles. The first-order valence-corrected chi connectivity index (χ1v) is 6.12. The minimum absolute atomic E-state index is 0.452. The maximum absolute atomic E-state index is 12.3. The summed E-state index contributed by atoms with van der Waals surface area (Å²) in [7, 11) is 0.260. The van der Waals surface area contributed by atoms with Crippen molar-refractivity contribution >= 4 is 22.3 Å². The molecule has 1 aliphatic rings. The van der Waals surface area contributed by atoms with Gasteiger partial charge in [0.05, 0.1) is 17.7 Å². The second kappa shape index (κ2) is 3.81. The van der Waals surface area contributed by atoms with Gasteiger partial charge in [-0.2, -0.15) is 0 Å². The van der Waals surface area contributed by atoms with Crippen LogP contribution in [0.1, 0.15) is 0 Å². The van der Waals surface area contributed by atoms with Crippen LogP contribution in [0.4, 0.5) is 11.5 Å². The molecule has 0 aliphatic carbocycles. The molecule has 86 valence electrons. The highest BCUT2D eigenvalue weighted by Crippen LogP contribution is 2.35. The molecule has 0 amide bonds. The van der Waals surface area contributed by atoms with E-state index in [9.17, 15) is 4.21 Å². The van der Waals surface area contributed by atoms with Crippen LogP contribution in [0.25, 0.3) is 0 Å². The van der Waals surface area contributed by atoms with Crippen LogP contribution in [0, 0.1) is 0 Å². The number of nitrogens with one attached hydrogen (secondary N) is 1. The molecule has 1 N–H and O–H groups in total. The number of ether oxygens (including phenoxy) is 1. The van der Waals surface area contributed by atoms with Crippen molar-refractivity contribution in [1.29, 1.82) is 0 Å². The zero-order valence-corrected chi connectivity index (χ0v) is 9.82. The van der Waals surface area contributed by atoms with E-state index in [4.69, 9.17) is 4.74 Å². The first kappa shape index (κ1) is 10.2. The van der Waals surface area contributed by atoms with E-state index in [-0.39, 0.29) is 0 Å². The number of anilines is 2. The summed E-state index contributed by atoms with van der Waals surface area (Å²) in [4.78, 5) is 8.87. The third-order valence-electron chi connectivity index (χ3n) is 2.48. The van der Waals surface area contributed by atoms with Crippen LogP contribution in [-0.4, -0.2) is 21.3 Å². The predicted molar refractivity (Wildman–Crippen MR) is 63.0 cm³/mol. The standard InChI is InChI=1S/C11H9N3O2S/c1-16-7-2-3-8-9(6-7)17(15)11-10(14-8)12-4-5-13-11/h2-6H,1H3,(H,12,14). The number of rotatable bonds is 1. The Bertz CT molecular complexity index is 615. The lowest BCUT2D eigenvalue weighted by Crippen LogP contribution is -2.11. The van der Waals surface area contributed by atoms with Gasteiger partial charge in [0.1, 0.15) is 16.5 Å². The van der Waals surface area contributed by atoms with E-state index < -0.39 is 10.8 Å². The van der Waals surface area contributed by atoms with Crippen LogP contribution in [0.2, 0.25) is 0 Å². The molecule has 2 aromatic rings. The van der Waals surface area contributed by atoms with Crippen LogP contribution in [0.3, 0.4) is 0 Å². The minimum Gasteiger partial charge on any atom is -0.497 e. The van der Waals surface area contributed by atoms with Crippen LogP contribution in [0.5, 0.6) is 5.75 Å². The number of methoxy groups -OCH3 is 1. The predicted octanol–water partition coefficient (Wildman–Crippen LogP) is 1.71. The van der Waals surface area contributed by atoms with E-state index in [0.29, 0.717) is 21.5 Å². The molecule has 0 bridgehead atoms. The second-order valence-corrected chi connectivity index (χ2v) is 4.83. The lowest BCUT2D eigenvalue weighted by atomic mass is 10.3. The van der Waals surface area contributed by atoms with Gasteiger partial charge in [0, 0.05) is 12.4 Å². The Balaban J connectivity index is 2.17. The number of nitrogens with zero attached hydrogens (tertiary/aromatic N) is 2. The lowest BCUT2D eigenvalue weighted by molar-refractivity contribution is 0.413. The van der Waals surface area contributed by atoms with Crippen molar-refractivity contribution < 1.29 is 8.95 Å². The van der Waals surface area contributed by atoms with Crippen molar-refractivity contribution in [2.24, 2.45) is 0 Å². The first-order chi connectivity index (χ1) is 8.29. The molecule has 6 heteroatoms. The Kier molecular flexibility index (Phi) is 2.29. The van der Waals surface area contributed by atoms with E-state index in [2.05, 4.69) is 15.3 Å². The third-order valence-corrected chi connectivity index (χ3v) is 3.87. The van der Waals surface area contributed by atoms with E-state index in [1.165, 1.54) is 6.20 Å². The van der Waals surface area contributed by atoms with Crippen molar-refractivity contribution in [1.82, 2.24) is 9.97 Å². The van der Waals surface area contributed by atoms with Crippen molar-refractivity contribution in [2.75, 3.05) is 12.4 Å². The van der Waals surface area contributed by atoms with Gasteiger partial charge in [0.25, 0.3) is 0 Å². The summed E-state index contributed by atoms with van der Waals surface area (Å²) < 4.78 is 17.4. The van der Waals surface area contributed by atoms with Gasteiger partial charge in [-0.05, 0) is 18.2 Å². The summed E-state index contributed by atoms with van der Waals surface area (Å²) in [6, 6.07) is 5.38. The Labute approximate surface area is 100 Å². The quantitative estimate of drug-likeness (QED) is 0.709. The van der Waals surface area contributed by atoms with Gasteiger partial charge >= 0.3 is 0 Å². The highest BCUT2D eigenvalue weighted by atomic mass is 32.2. The van der Waals surface area contributed by atoms with Crippen molar-refractivity contribution in [3.63, 3.8) is 0 Å². The summed E-state index contributed by atoms with van der Waals surface area (Å²) in [5, 5.41) is 3.55. The zero-order valence-electron chi connectivity index (χ0n) is 9.01. The van der Waals surface area contributed by atoms with Crippen molar-refractivity contribution in [3.8, 4) is 5.75 Å². The minimum atomic E-state index is -1.32. The lowest BCUT2D eigenvalue weighted by Gasteiger charge is -2.18. The molecule has 1 aliphatic heterocycles. The molecule has 5 nitrogen and oxygen atoms in total. The largest absolute Gasteiger partial charge is 0.497 e. The van der Waals surface area contributed by atoms with Crippen LogP contribution < -0.4 is 10.1 Å². The Hall–Kier alpha value is -1.95. The van der Waals surface area contributed by atoms with E-state index in [1.807, 2.05) is 12.1 Å². The maximum Gasteiger partial charge on any atom is 0.175 e. The van der Waals surface area contributed by atoms with Crippen LogP contribution >= 0.6 is 0 Å². The topological polar surface area (TPSA) is 64.1 Å². The maximum atomic E-state index is 12.3. The Morgan fingerprint density at radius 3 is 2.94 bits per heavy atom. The monoisotopic (exact) mass is 247 g/mol. The molecule has 17 heavy (non-hydrogen) atoms. The van der Waals surface area contributed by atoms with Crippen LogP contribution in [-0.2, 0) is 10.8 Å². The van der Waals surface area contributed by atoms with E-state index >= 15 is 0 Å². The number of hydrogen-bond acceptors (Lipinski definition) is 5. The molecular weight excluding hydrogens is 238 g/mol. The number of fused-ring (bicyclic) bond motifs is 2. The molecular formula is C11H9N3O2S. The van der Waals surface area contributed by atoms with E-state index in [1.54, 1.807) is 19.4 Å². The molecule has 1 atom stereocenters. The molecule has 1 unspecified atom stereocenters. The molecule has 1 aromatic heterocycles. The first-order valence-electron chi connectivity index (χ1n) is 4.97. The van der Waals surface area contributed by atoms with Crippen molar-refractivity contribution in [2.45, 2.75) is 9.92 Å². The van der Waals surface area contributed by atoms with E-state index in [0.717, 1.165) is 5.69 Å². The number of hydrogen-bond donors (Lipinski definition) is 1. The van der Waals surface area contributed by atoms with Gasteiger partial charge in [-0.3, -0.25) is 0 Å². The SMILES string of the molecule is COc1ccc2c(c1)S(=O)c1nccnc1N2. The molecule has 0 radical (unpaired) electrons. The Morgan fingerprint density at radius 2 is 2.12 bits per heavy atom. The second-order valence-electron chi connectivity index (χ2n) is 3.47. The van der Waals surface area contributed by atoms with Gasteiger partial charge < -0.3 is 10.1 Å². The molecule has 0 spiro atoms. The zero-order chi connectivity index (χ0) is 11.8. The summed E-state index contributed by atoms with van der Waals surface area (Å²) in [5.74, 6) is 1.22.